The number of nitriles is 2. The molecule has 0 aliphatic carbocycles. The first kappa shape index (κ1) is 15.0. The smallest absolute Gasteiger partial charge is 0.143 e. The fourth-order valence-electron chi connectivity index (χ4n) is 3.52. The van der Waals surface area contributed by atoms with Crippen molar-refractivity contribution in [3.63, 3.8) is 0 Å². The number of benzene rings is 2. The third kappa shape index (κ3) is 2.10. The normalized spacial score (nSPS) is 12.6. The van der Waals surface area contributed by atoms with E-state index < -0.39 is 0 Å². The zero-order valence-corrected chi connectivity index (χ0v) is 13.6. The SMILES string of the molecule is Cc1c2n(c3c(-c4cccc(C#N)c4)cc(C#N)c(O)c13)CCN=C2. The number of aromatic hydroxyl groups is 1. The molecule has 0 saturated carbocycles. The molecule has 1 aliphatic heterocycles. The molecule has 120 valence electrons. The predicted octanol–water partition coefficient (Wildman–Crippen LogP) is 3.50. The Morgan fingerprint density at radius 1 is 1.20 bits per heavy atom. The van der Waals surface area contributed by atoms with E-state index in [4.69, 9.17) is 0 Å². The van der Waals surface area contributed by atoms with Crippen LogP contribution in [0.1, 0.15) is 22.4 Å². The predicted molar refractivity (Wildman–Crippen MR) is 95.7 cm³/mol. The van der Waals surface area contributed by atoms with Gasteiger partial charge < -0.3 is 9.67 Å². The summed E-state index contributed by atoms with van der Waals surface area (Å²) in [7, 11) is 0. The van der Waals surface area contributed by atoms with Crippen LogP contribution in [-0.2, 0) is 6.54 Å². The number of fused-ring (bicyclic) bond motifs is 3. The van der Waals surface area contributed by atoms with Gasteiger partial charge in [0.2, 0.25) is 0 Å². The number of rotatable bonds is 1. The number of aryl methyl sites for hydroxylation is 1. The lowest BCUT2D eigenvalue weighted by atomic mass is 9.97. The van der Waals surface area contributed by atoms with Gasteiger partial charge in [0.05, 0.1) is 35.0 Å². The molecular formula is C20H14N4O. The number of nitrogens with zero attached hydrogens (tertiary/aromatic N) is 4. The Labute approximate surface area is 144 Å². The Kier molecular flexibility index (Phi) is 3.30. The van der Waals surface area contributed by atoms with Crippen molar-refractivity contribution >= 4 is 17.1 Å². The van der Waals surface area contributed by atoms with E-state index >= 15 is 0 Å². The van der Waals surface area contributed by atoms with Crippen LogP contribution in [0.4, 0.5) is 0 Å². The molecular weight excluding hydrogens is 312 g/mol. The molecule has 25 heavy (non-hydrogen) atoms. The van der Waals surface area contributed by atoms with E-state index in [1.807, 2.05) is 25.3 Å². The third-order valence-electron chi connectivity index (χ3n) is 4.68. The van der Waals surface area contributed by atoms with E-state index in [0.717, 1.165) is 27.9 Å². The molecule has 0 amide bonds. The van der Waals surface area contributed by atoms with Gasteiger partial charge in [-0.05, 0) is 36.2 Å². The van der Waals surface area contributed by atoms with E-state index in [1.54, 1.807) is 18.2 Å². The molecule has 5 heteroatoms. The fraction of sp³-hybridized carbons (Fsp3) is 0.150. The van der Waals surface area contributed by atoms with Crippen LogP contribution in [-0.4, -0.2) is 22.4 Å². The third-order valence-corrected chi connectivity index (χ3v) is 4.68. The van der Waals surface area contributed by atoms with Crippen LogP contribution in [0, 0.1) is 29.6 Å². The lowest BCUT2D eigenvalue weighted by molar-refractivity contribution is 0.480. The molecule has 2 heterocycles. The van der Waals surface area contributed by atoms with Crippen LogP contribution in [0.2, 0.25) is 0 Å². The van der Waals surface area contributed by atoms with Crippen LogP contribution in [0.15, 0.2) is 35.3 Å². The monoisotopic (exact) mass is 326 g/mol. The van der Waals surface area contributed by atoms with Gasteiger partial charge in [-0.25, -0.2) is 0 Å². The van der Waals surface area contributed by atoms with Crippen molar-refractivity contribution < 1.29 is 5.11 Å². The van der Waals surface area contributed by atoms with Crippen molar-refractivity contribution in [2.75, 3.05) is 6.54 Å². The molecule has 0 atom stereocenters. The molecule has 1 N–H and O–H groups in total. The van der Waals surface area contributed by atoms with E-state index in [-0.39, 0.29) is 11.3 Å². The molecule has 1 aromatic heterocycles. The van der Waals surface area contributed by atoms with Gasteiger partial charge in [-0.3, -0.25) is 4.99 Å². The molecule has 5 nitrogen and oxygen atoms in total. The minimum absolute atomic E-state index is 0.00508. The van der Waals surface area contributed by atoms with Crippen LogP contribution >= 0.6 is 0 Å². The number of phenolic OH excluding ortho intramolecular Hbond substituents is 1. The maximum atomic E-state index is 10.6. The minimum Gasteiger partial charge on any atom is -0.506 e. The minimum atomic E-state index is 0.00508. The standard InChI is InChI=1S/C20H14N4O/c1-12-17-11-23-5-6-24(17)19-16(8-15(10-22)20(25)18(12)19)14-4-2-3-13(7-14)9-21/h2-4,7-8,11,25H,5-6H2,1H3. The number of aliphatic imine (C=N–C) groups is 1. The molecule has 4 rings (SSSR count). The molecule has 2 aromatic carbocycles. The zero-order valence-electron chi connectivity index (χ0n) is 13.6. The first-order valence-electron chi connectivity index (χ1n) is 7.95. The molecule has 0 saturated heterocycles. The highest BCUT2D eigenvalue weighted by atomic mass is 16.3. The Morgan fingerprint density at radius 3 is 2.80 bits per heavy atom. The molecule has 0 spiro atoms. The van der Waals surface area contributed by atoms with Crippen LogP contribution in [0.5, 0.6) is 5.75 Å². The largest absolute Gasteiger partial charge is 0.506 e. The van der Waals surface area contributed by atoms with Gasteiger partial charge in [0.1, 0.15) is 11.8 Å². The zero-order chi connectivity index (χ0) is 17.6. The Hall–Kier alpha value is -3.57. The summed E-state index contributed by atoms with van der Waals surface area (Å²) < 4.78 is 2.13. The van der Waals surface area contributed by atoms with Crippen LogP contribution < -0.4 is 0 Å². The van der Waals surface area contributed by atoms with Crippen molar-refractivity contribution in [3.8, 4) is 29.0 Å². The van der Waals surface area contributed by atoms with Crippen molar-refractivity contribution in [2.45, 2.75) is 13.5 Å². The van der Waals surface area contributed by atoms with Crippen molar-refractivity contribution in [1.82, 2.24) is 4.57 Å². The second-order valence-electron chi connectivity index (χ2n) is 6.05. The highest BCUT2D eigenvalue weighted by Crippen LogP contribution is 2.41. The van der Waals surface area contributed by atoms with E-state index in [1.165, 1.54) is 0 Å². The Morgan fingerprint density at radius 2 is 2.04 bits per heavy atom. The summed E-state index contributed by atoms with van der Waals surface area (Å²) in [6, 6.07) is 13.2. The summed E-state index contributed by atoms with van der Waals surface area (Å²) in [5.41, 5.74) is 5.21. The van der Waals surface area contributed by atoms with Gasteiger partial charge in [-0.2, -0.15) is 10.5 Å². The van der Waals surface area contributed by atoms with Gasteiger partial charge in [0, 0.05) is 23.7 Å². The molecule has 0 fully saturated rings. The van der Waals surface area contributed by atoms with Gasteiger partial charge in [-0.1, -0.05) is 12.1 Å². The van der Waals surface area contributed by atoms with Crippen molar-refractivity contribution in [1.29, 1.82) is 10.5 Å². The van der Waals surface area contributed by atoms with E-state index in [9.17, 15) is 15.6 Å². The lowest BCUT2D eigenvalue weighted by Crippen LogP contribution is -2.11. The van der Waals surface area contributed by atoms with Crippen LogP contribution in [0.3, 0.4) is 0 Å². The second-order valence-corrected chi connectivity index (χ2v) is 6.05. The average Bonchev–Trinajstić information content (AvgIpc) is 2.96. The van der Waals surface area contributed by atoms with Crippen molar-refractivity contribution in [3.05, 3.63) is 52.7 Å². The average molecular weight is 326 g/mol. The van der Waals surface area contributed by atoms with Crippen molar-refractivity contribution in [2.24, 2.45) is 4.99 Å². The highest BCUT2D eigenvalue weighted by molar-refractivity contribution is 6.06. The number of aromatic nitrogens is 1. The second kappa shape index (κ2) is 5.51. The fourth-order valence-corrected chi connectivity index (χ4v) is 3.52. The summed E-state index contributed by atoms with van der Waals surface area (Å²) in [6.45, 7) is 3.32. The summed E-state index contributed by atoms with van der Waals surface area (Å²) in [4.78, 5) is 4.34. The quantitative estimate of drug-likeness (QED) is 0.742. The highest BCUT2D eigenvalue weighted by Gasteiger charge is 2.23. The summed E-state index contributed by atoms with van der Waals surface area (Å²) in [5, 5.41) is 29.9. The molecule has 0 unspecified atom stereocenters. The van der Waals surface area contributed by atoms with Gasteiger partial charge in [0.15, 0.2) is 0 Å². The summed E-state index contributed by atoms with van der Waals surface area (Å²) >= 11 is 0. The van der Waals surface area contributed by atoms with Gasteiger partial charge in [-0.15, -0.1) is 0 Å². The Bertz CT molecular complexity index is 1140. The number of hydrogen-bond acceptors (Lipinski definition) is 4. The first-order valence-corrected chi connectivity index (χ1v) is 7.95. The molecule has 3 aromatic rings. The van der Waals surface area contributed by atoms with Gasteiger partial charge >= 0.3 is 0 Å². The number of phenols is 1. The Balaban J connectivity index is 2.18. The molecule has 0 bridgehead atoms. The first-order chi connectivity index (χ1) is 12.2. The van der Waals surface area contributed by atoms with Crippen LogP contribution in [0.25, 0.3) is 22.0 Å². The molecule has 1 aliphatic rings. The maximum absolute atomic E-state index is 10.6. The van der Waals surface area contributed by atoms with E-state index in [0.29, 0.717) is 24.0 Å². The maximum Gasteiger partial charge on any atom is 0.143 e. The summed E-state index contributed by atoms with van der Waals surface area (Å²) in [5.74, 6) is 0.00508. The molecule has 0 radical (unpaired) electrons. The van der Waals surface area contributed by atoms with Gasteiger partial charge in [0.25, 0.3) is 0 Å². The van der Waals surface area contributed by atoms with E-state index in [2.05, 4.69) is 21.7 Å². The number of hydrogen-bond donors (Lipinski definition) is 1. The summed E-state index contributed by atoms with van der Waals surface area (Å²) in [6.07, 6.45) is 1.82. The topological polar surface area (TPSA) is 85.1 Å². The lowest BCUT2D eigenvalue weighted by Gasteiger charge is -2.14.